The van der Waals surface area contributed by atoms with E-state index in [-0.39, 0.29) is 12.4 Å². The van der Waals surface area contributed by atoms with Gasteiger partial charge in [-0.05, 0) is 24.5 Å². The topological polar surface area (TPSA) is 88.2 Å². The predicted octanol–water partition coefficient (Wildman–Crippen LogP) is 1.50. The second kappa shape index (κ2) is 7.24. The molecule has 7 heteroatoms. The number of carbonyl (C=O) groups is 1. The quantitative estimate of drug-likeness (QED) is 0.754. The third kappa shape index (κ3) is 4.05. The summed E-state index contributed by atoms with van der Waals surface area (Å²) in [5.41, 5.74) is 2.42. The average Bonchev–Trinajstić information content (AvgIpc) is 2.86. The first-order valence-corrected chi connectivity index (χ1v) is 7.52. The number of aliphatic hydroxyl groups is 1. The molecule has 0 aliphatic rings. The van der Waals surface area contributed by atoms with Gasteiger partial charge in [0.2, 0.25) is 0 Å². The minimum Gasteiger partial charge on any atom is -0.481 e. The molecule has 0 spiro atoms. The van der Waals surface area contributed by atoms with Crippen molar-refractivity contribution in [2.75, 3.05) is 5.75 Å². The number of carboxylic acids is 1. The molecule has 2 rings (SSSR count). The van der Waals surface area contributed by atoms with Crippen LogP contribution in [0.2, 0.25) is 0 Å². The van der Waals surface area contributed by atoms with Crippen LogP contribution in [-0.4, -0.2) is 36.7 Å². The van der Waals surface area contributed by atoms with Gasteiger partial charge in [0.05, 0.1) is 5.75 Å². The van der Waals surface area contributed by atoms with E-state index < -0.39 is 5.97 Å². The first-order valence-electron chi connectivity index (χ1n) is 6.54. The van der Waals surface area contributed by atoms with Crippen molar-refractivity contribution in [1.82, 2.24) is 14.8 Å². The van der Waals surface area contributed by atoms with Gasteiger partial charge in [-0.3, -0.25) is 4.79 Å². The molecule has 0 saturated carbocycles. The molecule has 0 radical (unpaired) electrons. The van der Waals surface area contributed by atoms with Gasteiger partial charge < -0.3 is 14.8 Å². The summed E-state index contributed by atoms with van der Waals surface area (Å²) >= 11 is 1.11. The van der Waals surface area contributed by atoms with Gasteiger partial charge in [-0.25, -0.2) is 0 Å². The van der Waals surface area contributed by atoms with Crippen LogP contribution in [0.3, 0.4) is 0 Å². The van der Waals surface area contributed by atoms with Gasteiger partial charge in [0.1, 0.15) is 6.61 Å². The Morgan fingerprint density at radius 1 is 1.33 bits per heavy atom. The smallest absolute Gasteiger partial charge is 0.313 e. The zero-order chi connectivity index (χ0) is 15.2. The Morgan fingerprint density at radius 3 is 2.76 bits per heavy atom. The lowest BCUT2D eigenvalue weighted by atomic mass is 10.1. The van der Waals surface area contributed by atoms with E-state index >= 15 is 0 Å². The van der Waals surface area contributed by atoms with Gasteiger partial charge in [0, 0.05) is 6.54 Å². The first-order chi connectivity index (χ1) is 10.1. The molecule has 6 nitrogen and oxygen atoms in total. The van der Waals surface area contributed by atoms with Crippen LogP contribution in [0.5, 0.6) is 0 Å². The van der Waals surface area contributed by atoms with E-state index in [1.165, 1.54) is 11.1 Å². The lowest BCUT2D eigenvalue weighted by molar-refractivity contribution is -0.133. The van der Waals surface area contributed by atoms with Crippen LogP contribution in [0.4, 0.5) is 0 Å². The minimum absolute atomic E-state index is 0.0755. The normalized spacial score (nSPS) is 10.8. The van der Waals surface area contributed by atoms with E-state index in [0.29, 0.717) is 17.5 Å². The summed E-state index contributed by atoms with van der Waals surface area (Å²) in [7, 11) is 0. The number of aliphatic hydroxyl groups excluding tert-OH is 1. The zero-order valence-electron chi connectivity index (χ0n) is 11.7. The van der Waals surface area contributed by atoms with Crippen LogP contribution >= 0.6 is 11.8 Å². The summed E-state index contributed by atoms with van der Waals surface area (Å²) in [6.45, 7) is 2.44. The van der Waals surface area contributed by atoms with Crippen LogP contribution in [0, 0.1) is 6.92 Å². The third-order valence-corrected chi connectivity index (χ3v) is 4.08. The second-order valence-corrected chi connectivity index (χ2v) is 5.51. The molecule has 0 saturated heterocycles. The molecule has 1 aromatic carbocycles. The molecule has 2 N–H and O–H groups in total. The maximum atomic E-state index is 10.7. The van der Waals surface area contributed by atoms with Crippen molar-refractivity contribution in [2.24, 2.45) is 0 Å². The van der Waals surface area contributed by atoms with Crippen LogP contribution in [0.25, 0.3) is 0 Å². The largest absolute Gasteiger partial charge is 0.481 e. The highest BCUT2D eigenvalue weighted by Crippen LogP contribution is 2.18. The molecule has 2 aromatic rings. The fraction of sp³-hybridized carbons (Fsp3) is 0.357. The highest BCUT2D eigenvalue weighted by Gasteiger charge is 2.13. The van der Waals surface area contributed by atoms with E-state index in [0.717, 1.165) is 18.2 Å². The number of aryl methyl sites for hydroxylation is 2. The Hall–Kier alpha value is -1.86. The summed E-state index contributed by atoms with van der Waals surface area (Å²) < 4.78 is 1.78. The van der Waals surface area contributed by atoms with Gasteiger partial charge in [-0.2, -0.15) is 0 Å². The molecule has 1 heterocycles. The van der Waals surface area contributed by atoms with E-state index in [9.17, 15) is 9.90 Å². The molecular formula is C14H17N3O3S. The SMILES string of the molecule is Cc1ccccc1CCn1c(CO)nnc1SCC(=O)O. The van der Waals surface area contributed by atoms with Crippen LogP contribution in [0.15, 0.2) is 29.4 Å². The third-order valence-electron chi connectivity index (χ3n) is 3.13. The summed E-state index contributed by atoms with van der Waals surface area (Å²) in [6.07, 6.45) is 0.776. The molecule has 0 aliphatic carbocycles. The number of rotatable bonds is 7. The molecule has 0 fully saturated rings. The van der Waals surface area contributed by atoms with Crippen molar-refractivity contribution in [3.63, 3.8) is 0 Å². The number of aromatic nitrogens is 3. The molecule has 1 aromatic heterocycles. The highest BCUT2D eigenvalue weighted by molar-refractivity contribution is 7.99. The number of aliphatic carboxylic acids is 1. The van der Waals surface area contributed by atoms with Gasteiger partial charge in [-0.15, -0.1) is 10.2 Å². The Labute approximate surface area is 126 Å². The van der Waals surface area contributed by atoms with Crippen molar-refractivity contribution in [3.8, 4) is 0 Å². The van der Waals surface area contributed by atoms with E-state index in [1.54, 1.807) is 4.57 Å². The lowest BCUT2D eigenvalue weighted by Gasteiger charge is -2.10. The van der Waals surface area contributed by atoms with E-state index in [4.69, 9.17) is 5.11 Å². The number of thioether (sulfide) groups is 1. The van der Waals surface area contributed by atoms with Crippen LogP contribution in [-0.2, 0) is 24.4 Å². The molecule has 0 amide bonds. The number of hydrogen-bond acceptors (Lipinski definition) is 5. The Morgan fingerprint density at radius 2 is 2.10 bits per heavy atom. The molecule has 112 valence electrons. The molecular weight excluding hydrogens is 290 g/mol. The standard InChI is InChI=1S/C14H17N3O3S/c1-10-4-2-3-5-11(10)6-7-17-12(8-18)15-16-14(17)21-9-13(19)20/h2-5,18H,6-9H2,1H3,(H,19,20). The zero-order valence-corrected chi connectivity index (χ0v) is 12.5. The Bertz CT molecular complexity index is 628. The maximum absolute atomic E-state index is 10.7. The molecule has 0 aliphatic heterocycles. The molecule has 0 bridgehead atoms. The summed E-state index contributed by atoms with van der Waals surface area (Å²) in [4.78, 5) is 10.7. The Kier molecular flexibility index (Phi) is 5.35. The number of carboxylic acid groups (broad SMARTS) is 1. The maximum Gasteiger partial charge on any atom is 0.313 e. The summed E-state index contributed by atoms with van der Waals surface area (Å²) in [5, 5.41) is 26.4. The van der Waals surface area contributed by atoms with Crippen LogP contribution in [0.1, 0.15) is 17.0 Å². The second-order valence-electron chi connectivity index (χ2n) is 4.57. The number of hydrogen-bond donors (Lipinski definition) is 2. The van der Waals surface area contributed by atoms with Crippen molar-refractivity contribution < 1.29 is 15.0 Å². The summed E-state index contributed by atoms with van der Waals surface area (Å²) in [5.74, 6) is -0.524. The average molecular weight is 307 g/mol. The van der Waals surface area contributed by atoms with Crippen molar-refractivity contribution in [2.45, 2.75) is 31.7 Å². The molecule has 0 unspecified atom stereocenters. The van der Waals surface area contributed by atoms with Gasteiger partial charge in [0.25, 0.3) is 0 Å². The first kappa shape index (κ1) is 15.5. The molecule has 21 heavy (non-hydrogen) atoms. The van der Waals surface area contributed by atoms with E-state index in [1.807, 2.05) is 12.1 Å². The van der Waals surface area contributed by atoms with Gasteiger partial charge >= 0.3 is 5.97 Å². The van der Waals surface area contributed by atoms with Crippen molar-refractivity contribution >= 4 is 17.7 Å². The highest BCUT2D eigenvalue weighted by atomic mass is 32.2. The fourth-order valence-corrected chi connectivity index (χ4v) is 2.72. The predicted molar refractivity (Wildman–Crippen MR) is 79.2 cm³/mol. The molecule has 0 atom stereocenters. The fourth-order valence-electron chi connectivity index (χ4n) is 2.02. The number of benzene rings is 1. The van der Waals surface area contributed by atoms with Gasteiger partial charge in [0.15, 0.2) is 11.0 Å². The summed E-state index contributed by atoms with van der Waals surface area (Å²) in [6, 6.07) is 8.09. The van der Waals surface area contributed by atoms with Crippen LogP contribution < -0.4 is 0 Å². The van der Waals surface area contributed by atoms with Gasteiger partial charge in [-0.1, -0.05) is 36.0 Å². The lowest BCUT2D eigenvalue weighted by Crippen LogP contribution is -2.09. The van der Waals surface area contributed by atoms with Crippen molar-refractivity contribution in [3.05, 3.63) is 41.2 Å². The minimum atomic E-state index is -0.904. The Balaban J connectivity index is 2.12. The van der Waals surface area contributed by atoms with E-state index in [2.05, 4.69) is 29.3 Å². The van der Waals surface area contributed by atoms with Crippen molar-refractivity contribution in [1.29, 1.82) is 0 Å². The monoisotopic (exact) mass is 307 g/mol. The number of nitrogens with zero attached hydrogens (tertiary/aromatic N) is 3.